The first kappa shape index (κ1) is 10.1. The Bertz CT molecular complexity index is 492. The van der Waals surface area contributed by atoms with Gasteiger partial charge in [0.1, 0.15) is 0 Å². The molecule has 1 unspecified atom stereocenters. The van der Waals surface area contributed by atoms with E-state index in [1.807, 2.05) is 0 Å². The molecule has 2 aromatic heterocycles. The van der Waals surface area contributed by atoms with Crippen LogP contribution in [0.5, 0.6) is 0 Å². The van der Waals surface area contributed by atoms with Crippen molar-refractivity contribution in [3.8, 4) is 0 Å². The zero-order valence-corrected chi connectivity index (χ0v) is 9.19. The van der Waals surface area contributed by atoms with Crippen LogP contribution in [0.1, 0.15) is 23.0 Å². The molecule has 0 N–H and O–H groups in total. The Morgan fingerprint density at radius 2 is 2.24 bits per heavy atom. The lowest BCUT2D eigenvalue weighted by molar-refractivity contribution is 0.0754. The second kappa shape index (κ2) is 4.04. The van der Waals surface area contributed by atoms with Crippen LogP contribution in [0, 0.1) is 0 Å². The molecule has 3 heterocycles. The third-order valence-corrected chi connectivity index (χ3v) is 2.95. The summed E-state index contributed by atoms with van der Waals surface area (Å²) in [6.07, 6.45) is 5.69. The van der Waals surface area contributed by atoms with Crippen LogP contribution in [0.2, 0.25) is 0 Å². The van der Waals surface area contributed by atoms with E-state index in [9.17, 15) is 4.79 Å². The fourth-order valence-electron chi connectivity index (χ4n) is 2.09. The van der Waals surface area contributed by atoms with Gasteiger partial charge in [0, 0.05) is 13.1 Å². The summed E-state index contributed by atoms with van der Waals surface area (Å²) < 4.78 is 5.10. The van der Waals surface area contributed by atoms with E-state index in [1.165, 1.54) is 6.26 Å². The monoisotopic (exact) mass is 232 g/mol. The number of furan rings is 1. The van der Waals surface area contributed by atoms with Crippen molar-refractivity contribution in [2.75, 3.05) is 13.1 Å². The number of aromatic nitrogens is 3. The minimum atomic E-state index is -0.0651. The van der Waals surface area contributed by atoms with E-state index in [4.69, 9.17) is 4.42 Å². The fourth-order valence-corrected chi connectivity index (χ4v) is 2.09. The Morgan fingerprint density at radius 1 is 1.41 bits per heavy atom. The van der Waals surface area contributed by atoms with Crippen LogP contribution in [-0.2, 0) is 0 Å². The van der Waals surface area contributed by atoms with Gasteiger partial charge in [-0.15, -0.1) is 0 Å². The van der Waals surface area contributed by atoms with Crippen LogP contribution in [0.25, 0.3) is 0 Å². The lowest BCUT2D eigenvalue weighted by Gasteiger charge is -2.14. The number of nitrogens with zero attached hydrogens (tertiary/aromatic N) is 4. The van der Waals surface area contributed by atoms with Crippen molar-refractivity contribution in [1.82, 2.24) is 19.9 Å². The van der Waals surface area contributed by atoms with Gasteiger partial charge in [-0.2, -0.15) is 15.0 Å². The summed E-state index contributed by atoms with van der Waals surface area (Å²) in [7, 11) is 0. The predicted molar refractivity (Wildman–Crippen MR) is 58.3 cm³/mol. The van der Waals surface area contributed by atoms with Gasteiger partial charge in [-0.05, 0) is 18.6 Å². The smallest absolute Gasteiger partial charge is 0.289 e. The third-order valence-electron chi connectivity index (χ3n) is 2.95. The van der Waals surface area contributed by atoms with Gasteiger partial charge in [-0.1, -0.05) is 0 Å². The lowest BCUT2D eigenvalue weighted by Crippen LogP contribution is -2.29. The van der Waals surface area contributed by atoms with Crippen LogP contribution >= 0.6 is 0 Å². The number of hydrogen-bond donors (Lipinski definition) is 0. The highest BCUT2D eigenvalue weighted by Gasteiger charge is 2.29. The molecule has 17 heavy (non-hydrogen) atoms. The van der Waals surface area contributed by atoms with Crippen LogP contribution in [0.4, 0.5) is 0 Å². The zero-order chi connectivity index (χ0) is 11.7. The van der Waals surface area contributed by atoms with Crippen LogP contribution in [0.3, 0.4) is 0 Å². The second-order valence-electron chi connectivity index (χ2n) is 4.02. The molecule has 1 aliphatic rings. The van der Waals surface area contributed by atoms with Crippen LogP contribution < -0.4 is 0 Å². The topological polar surface area (TPSA) is 64.2 Å². The molecular weight excluding hydrogens is 220 g/mol. The van der Waals surface area contributed by atoms with Crippen molar-refractivity contribution >= 4 is 5.91 Å². The Kier molecular flexibility index (Phi) is 2.40. The maximum absolute atomic E-state index is 12.0. The molecule has 3 rings (SSSR count). The van der Waals surface area contributed by atoms with E-state index >= 15 is 0 Å². The molecule has 1 saturated heterocycles. The van der Waals surface area contributed by atoms with Gasteiger partial charge >= 0.3 is 0 Å². The SMILES string of the molecule is O=C(c1ccco1)N1CCC(n2nccn2)C1. The molecule has 0 aliphatic carbocycles. The molecule has 6 nitrogen and oxygen atoms in total. The zero-order valence-electron chi connectivity index (χ0n) is 9.19. The average molecular weight is 232 g/mol. The molecule has 6 heteroatoms. The summed E-state index contributed by atoms with van der Waals surface area (Å²) in [5, 5.41) is 8.20. The number of carbonyl (C=O) groups is 1. The molecule has 0 bridgehead atoms. The third kappa shape index (κ3) is 1.82. The van der Waals surface area contributed by atoms with Crippen LogP contribution in [0.15, 0.2) is 35.2 Å². The van der Waals surface area contributed by atoms with E-state index in [0.717, 1.165) is 6.42 Å². The lowest BCUT2D eigenvalue weighted by atomic mass is 10.3. The minimum Gasteiger partial charge on any atom is -0.459 e. The molecule has 1 fully saturated rings. The minimum absolute atomic E-state index is 0.0651. The molecule has 1 aliphatic heterocycles. The quantitative estimate of drug-likeness (QED) is 0.773. The normalized spacial score (nSPS) is 19.8. The van der Waals surface area contributed by atoms with Crippen molar-refractivity contribution in [3.05, 3.63) is 36.5 Å². The van der Waals surface area contributed by atoms with Crippen molar-refractivity contribution in [2.45, 2.75) is 12.5 Å². The maximum atomic E-state index is 12.0. The van der Waals surface area contributed by atoms with Gasteiger partial charge in [0.2, 0.25) is 0 Å². The highest BCUT2D eigenvalue weighted by molar-refractivity contribution is 5.91. The van der Waals surface area contributed by atoms with Crippen molar-refractivity contribution in [3.63, 3.8) is 0 Å². The summed E-state index contributed by atoms with van der Waals surface area (Å²) in [6, 6.07) is 3.57. The molecule has 0 spiro atoms. The van der Waals surface area contributed by atoms with E-state index in [-0.39, 0.29) is 11.9 Å². The van der Waals surface area contributed by atoms with E-state index in [0.29, 0.717) is 18.8 Å². The number of carbonyl (C=O) groups excluding carboxylic acids is 1. The molecule has 2 aromatic rings. The first-order valence-corrected chi connectivity index (χ1v) is 5.53. The predicted octanol–water partition coefficient (Wildman–Crippen LogP) is 0.958. The Labute approximate surface area is 97.8 Å². The molecular formula is C11H12N4O2. The number of amides is 1. The standard InChI is InChI=1S/C11H12N4O2/c16-11(10-2-1-7-17-10)14-6-3-9(8-14)15-12-4-5-13-15/h1-2,4-5,7,9H,3,6,8H2. The van der Waals surface area contributed by atoms with E-state index in [1.54, 1.807) is 34.2 Å². The number of rotatable bonds is 2. The van der Waals surface area contributed by atoms with Gasteiger partial charge in [0.15, 0.2) is 5.76 Å². The highest BCUT2D eigenvalue weighted by atomic mass is 16.3. The average Bonchev–Trinajstić information content (AvgIpc) is 3.09. The van der Waals surface area contributed by atoms with Gasteiger partial charge in [0.05, 0.1) is 24.7 Å². The summed E-state index contributed by atoms with van der Waals surface area (Å²) in [5.41, 5.74) is 0. The number of likely N-dealkylation sites (tertiary alicyclic amines) is 1. The van der Waals surface area contributed by atoms with Crippen molar-refractivity contribution in [2.24, 2.45) is 0 Å². The summed E-state index contributed by atoms with van der Waals surface area (Å²) in [5.74, 6) is 0.323. The van der Waals surface area contributed by atoms with Crippen molar-refractivity contribution in [1.29, 1.82) is 0 Å². The largest absolute Gasteiger partial charge is 0.459 e. The van der Waals surface area contributed by atoms with Crippen molar-refractivity contribution < 1.29 is 9.21 Å². The Balaban J connectivity index is 1.70. The first-order valence-electron chi connectivity index (χ1n) is 5.53. The second-order valence-corrected chi connectivity index (χ2v) is 4.02. The van der Waals surface area contributed by atoms with Gasteiger partial charge in [-0.25, -0.2) is 0 Å². The maximum Gasteiger partial charge on any atom is 0.289 e. The van der Waals surface area contributed by atoms with E-state index in [2.05, 4.69) is 10.2 Å². The molecule has 88 valence electrons. The molecule has 1 amide bonds. The van der Waals surface area contributed by atoms with E-state index < -0.39 is 0 Å². The fraction of sp³-hybridized carbons (Fsp3) is 0.364. The van der Waals surface area contributed by atoms with Gasteiger partial charge < -0.3 is 9.32 Å². The molecule has 1 atom stereocenters. The molecule has 0 radical (unpaired) electrons. The summed E-state index contributed by atoms with van der Waals surface area (Å²) >= 11 is 0. The van der Waals surface area contributed by atoms with Gasteiger partial charge in [-0.3, -0.25) is 4.79 Å². The Hall–Kier alpha value is -2.11. The first-order chi connectivity index (χ1) is 8.34. The highest BCUT2D eigenvalue weighted by Crippen LogP contribution is 2.21. The molecule has 0 saturated carbocycles. The molecule has 0 aromatic carbocycles. The number of hydrogen-bond acceptors (Lipinski definition) is 4. The Morgan fingerprint density at radius 3 is 2.94 bits per heavy atom. The summed E-state index contributed by atoms with van der Waals surface area (Å²) in [4.78, 5) is 15.4. The van der Waals surface area contributed by atoms with Gasteiger partial charge in [0.25, 0.3) is 5.91 Å². The summed E-state index contributed by atoms with van der Waals surface area (Å²) in [6.45, 7) is 1.35. The van der Waals surface area contributed by atoms with Crippen LogP contribution in [-0.4, -0.2) is 38.9 Å².